The summed E-state index contributed by atoms with van der Waals surface area (Å²) in [6.45, 7) is 2.89. The van der Waals surface area contributed by atoms with E-state index in [-0.39, 0.29) is 12.4 Å². The molecule has 0 fully saturated rings. The lowest BCUT2D eigenvalue weighted by molar-refractivity contribution is 0.965. The second-order valence-corrected chi connectivity index (χ2v) is 2.86. The Balaban J connectivity index is 0.000000810. The van der Waals surface area contributed by atoms with Gasteiger partial charge in [0.25, 0.3) is 0 Å². The van der Waals surface area contributed by atoms with Crippen molar-refractivity contribution in [2.24, 2.45) is 5.73 Å². The third-order valence-electron chi connectivity index (χ3n) is 1.38. The first-order chi connectivity index (χ1) is 4.34. The van der Waals surface area contributed by atoms with Crippen LogP contribution < -0.4 is 5.73 Å². The number of aryl methyl sites for hydroxylation is 1. The molecule has 0 saturated heterocycles. The molecule has 2 N–H and O–H groups in total. The maximum absolute atomic E-state index is 5.39. The molecule has 0 aromatic carbocycles. The minimum absolute atomic E-state index is 0. The van der Waals surface area contributed by atoms with Gasteiger partial charge in [0.05, 0.1) is 0 Å². The van der Waals surface area contributed by atoms with Crippen molar-refractivity contribution < 1.29 is 0 Å². The molecule has 0 aliphatic rings. The summed E-state index contributed by atoms with van der Waals surface area (Å²) < 4.78 is 0. The fourth-order valence-corrected chi connectivity index (χ4v) is 1.69. The Bertz CT molecular complexity index is 185. The number of rotatable bonds is 2. The maximum atomic E-state index is 5.39. The zero-order valence-corrected chi connectivity index (χ0v) is 7.60. The summed E-state index contributed by atoms with van der Waals surface area (Å²) in [6.07, 6.45) is 1.02. The number of thiophene rings is 1. The Hall–Kier alpha value is -0.0500. The van der Waals surface area contributed by atoms with Crippen LogP contribution in [0, 0.1) is 6.92 Å². The Morgan fingerprint density at radius 3 is 2.60 bits per heavy atom. The van der Waals surface area contributed by atoms with Gasteiger partial charge in [-0.15, -0.1) is 12.4 Å². The quantitative estimate of drug-likeness (QED) is 0.735. The molecule has 1 aromatic rings. The molecule has 0 saturated carbocycles. The minimum Gasteiger partial charge on any atom is -0.330 e. The lowest BCUT2D eigenvalue weighted by atomic mass is 10.2. The normalized spacial score (nSPS) is 9.00. The predicted molar refractivity (Wildman–Crippen MR) is 49.1 cm³/mol. The Labute approximate surface area is 71.7 Å². The van der Waals surface area contributed by atoms with Gasteiger partial charge in [-0.25, -0.2) is 0 Å². The van der Waals surface area contributed by atoms with E-state index in [1.165, 1.54) is 11.1 Å². The van der Waals surface area contributed by atoms with E-state index in [1.807, 2.05) is 0 Å². The van der Waals surface area contributed by atoms with Gasteiger partial charge < -0.3 is 5.73 Å². The van der Waals surface area contributed by atoms with Crippen LogP contribution in [0.15, 0.2) is 10.8 Å². The van der Waals surface area contributed by atoms with Crippen molar-refractivity contribution in [1.82, 2.24) is 0 Å². The molecule has 3 heteroatoms. The molecular weight excluding hydrogens is 166 g/mol. The van der Waals surface area contributed by atoms with Gasteiger partial charge in [0.15, 0.2) is 0 Å². The lowest BCUT2D eigenvalue weighted by Crippen LogP contribution is -2.02. The van der Waals surface area contributed by atoms with Crippen LogP contribution >= 0.6 is 23.7 Å². The van der Waals surface area contributed by atoms with Crippen molar-refractivity contribution in [3.8, 4) is 0 Å². The third-order valence-corrected chi connectivity index (χ3v) is 2.29. The van der Waals surface area contributed by atoms with Gasteiger partial charge in [0, 0.05) is 0 Å². The molecule has 0 amide bonds. The van der Waals surface area contributed by atoms with Gasteiger partial charge in [-0.2, -0.15) is 11.3 Å². The van der Waals surface area contributed by atoms with Gasteiger partial charge in [-0.1, -0.05) is 0 Å². The molecule has 0 aliphatic heterocycles. The summed E-state index contributed by atoms with van der Waals surface area (Å²) >= 11 is 1.75. The zero-order chi connectivity index (χ0) is 6.69. The maximum Gasteiger partial charge on any atom is -0.00363 e. The molecule has 10 heavy (non-hydrogen) atoms. The van der Waals surface area contributed by atoms with Crippen LogP contribution in [0.1, 0.15) is 11.1 Å². The molecule has 1 aromatic heterocycles. The van der Waals surface area contributed by atoms with E-state index in [9.17, 15) is 0 Å². The van der Waals surface area contributed by atoms with Crippen LogP contribution in [0.5, 0.6) is 0 Å². The smallest absolute Gasteiger partial charge is 0.00363 e. The summed E-state index contributed by atoms with van der Waals surface area (Å²) in [5.41, 5.74) is 8.18. The summed E-state index contributed by atoms with van der Waals surface area (Å²) in [4.78, 5) is 0. The Kier molecular flexibility index (Phi) is 4.69. The highest BCUT2D eigenvalue weighted by Crippen LogP contribution is 2.12. The SMILES string of the molecule is Cc1cscc1CCN.Cl. The average Bonchev–Trinajstić information content (AvgIpc) is 2.18. The van der Waals surface area contributed by atoms with Gasteiger partial charge in [-0.3, -0.25) is 0 Å². The van der Waals surface area contributed by atoms with E-state index in [4.69, 9.17) is 5.73 Å². The zero-order valence-electron chi connectivity index (χ0n) is 5.96. The average molecular weight is 178 g/mol. The molecule has 58 valence electrons. The van der Waals surface area contributed by atoms with Crippen LogP contribution in [-0.4, -0.2) is 6.54 Å². The highest BCUT2D eigenvalue weighted by Gasteiger charge is 1.95. The van der Waals surface area contributed by atoms with Crippen molar-refractivity contribution in [3.63, 3.8) is 0 Å². The molecule has 0 spiro atoms. The summed E-state index contributed by atoms with van der Waals surface area (Å²) in [6, 6.07) is 0. The predicted octanol–water partition coefficient (Wildman–Crippen LogP) is 1.98. The number of halogens is 1. The minimum atomic E-state index is 0. The van der Waals surface area contributed by atoms with Crippen molar-refractivity contribution in [2.45, 2.75) is 13.3 Å². The molecule has 0 aliphatic carbocycles. The number of nitrogens with two attached hydrogens (primary N) is 1. The van der Waals surface area contributed by atoms with Crippen molar-refractivity contribution in [2.75, 3.05) is 6.54 Å². The molecule has 1 nitrogen and oxygen atoms in total. The van der Waals surface area contributed by atoms with Crippen LogP contribution in [0.4, 0.5) is 0 Å². The standard InChI is InChI=1S/C7H11NS.ClH/c1-6-4-9-5-7(6)2-3-8;/h4-5H,2-3,8H2,1H3;1H. The van der Waals surface area contributed by atoms with Gasteiger partial charge >= 0.3 is 0 Å². The van der Waals surface area contributed by atoms with E-state index in [1.54, 1.807) is 11.3 Å². The van der Waals surface area contributed by atoms with Gasteiger partial charge in [0.2, 0.25) is 0 Å². The molecular formula is C7H12ClNS. The molecule has 0 unspecified atom stereocenters. The van der Waals surface area contributed by atoms with E-state index in [0.29, 0.717) is 0 Å². The number of hydrogen-bond acceptors (Lipinski definition) is 2. The molecule has 0 radical (unpaired) electrons. The summed E-state index contributed by atoms with van der Waals surface area (Å²) in [5.74, 6) is 0. The Morgan fingerprint density at radius 2 is 2.20 bits per heavy atom. The second kappa shape index (κ2) is 4.72. The first-order valence-electron chi connectivity index (χ1n) is 3.06. The first kappa shape index (κ1) is 9.95. The largest absolute Gasteiger partial charge is 0.330 e. The van der Waals surface area contributed by atoms with E-state index in [2.05, 4.69) is 17.7 Å². The van der Waals surface area contributed by atoms with Crippen LogP contribution in [0.25, 0.3) is 0 Å². The molecule has 1 rings (SSSR count). The van der Waals surface area contributed by atoms with Crippen LogP contribution in [0.2, 0.25) is 0 Å². The lowest BCUT2D eigenvalue weighted by Gasteiger charge is -1.92. The monoisotopic (exact) mass is 177 g/mol. The van der Waals surface area contributed by atoms with Crippen LogP contribution in [-0.2, 0) is 6.42 Å². The van der Waals surface area contributed by atoms with E-state index in [0.717, 1.165) is 13.0 Å². The van der Waals surface area contributed by atoms with Crippen molar-refractivity contribution in [1.29, 1.82) is 0 Å². The van der Waals surface area contributed by atoms with Crippen molar-refractivity contribution in [3.05, 3.63) is 21.9 Å². The fourth-order valence-electron chi connectivity index (χ4n) is 0.798. The molecule has 0 atom stereocenters. The third kappa shape index (κ3) is 2.29. The van der Waals surface area contributed by atoms with Crippen LogP contribution in [0.3, 0.4) is 0 Å². The fraction of sp³-hybridized carbons (Fsp3) is 0.429. The topological polar surface area (TPSA) is 26.0 Å². The molecule has 0 bridgehead atoms. The highest BCUT2D eigenvalue weighted by molar-refractivity contribution is 7.08. The van der Waals surface area contributed by atoms with E-state index < -0.39 is 0 Å². The summed E-state index contributed by atoms with van der Waals surface area (Å²) in [7, 11) is 0. The van der Waals surface area contributed by atoms with Gasteiger partial charge in [-0.05, 0) is 41.8 Å². The molecule has 1 heterocycles. The summed E-state index contributed by atoms with van der Waals surface area (Å²) in [5, 5.41) is 4.33. The van der Waals surface area contributed by atoms with Gasteiger partial charge in [0.1, 0.15) is 0 Å². The second-order valence-electron chi connectivity index (χ2n) is 2.12. The Morgan fingerprint density at radius 1 is 1.50 bits per heavy atom. The highest BCUT2D eigenvalue weighted by atomic mass is 35.5. The number of hydrogen-bond donors (Lipinski definition) is 1. The van der Waals surface area contributed by atoms with Crippen molar-refractivity contribution >= 4 is 23.7 Å². The first-order valence-corrected chi connectivity index (χ1v) is 4.00. The van der Waals surface area contributed by atoms with E-state index >= 15 is 0 Å².